The predicted molar refractivity (Wildman–Crippen MR) is 91.5 cm³/mol. The van der Waals surface area contributed by atoms with Gasteiger partial charge in [-0.3, -0.25) is 4.79 Å². The Morgan fingerprint density at radius 2 is 2.00 bits per heavy atom. The molecular weight excluding hydrogens is 313 g/mol. The maximum Gasteiger partial charge on any atom is 0.247 e. The summed E-state index contributed by atoms with van der Waals surface area (Å²) >= 11 is 1.48. The minimum Gasteiger partial charge on any atom is -0.334 e. The van der Waals surface area contributed by atoms with Crippen LogP contribution in [-0.2, 0) is 11.3 Å². The van der Waals surface area contributed by atoms with Gasteiger partial charge in [0.2, 0.25) is 5.91 Å². The first-order chi connectivity index (χ1) is 11.0. The van der Waals surface area contributed by atoms with Crippen LogP contribution >= 0.6 is 11.3 Å². The fourth-order valence-electron chi connectivity index (χ4n) is 1.96. The van der Waals surface area contributed by atoms with E-state index in [1.54, 1.807) is 29.3 Å². The molecule has 0 aliphatic carbocycles. The van der Waals surface area contributed by atoms with E-state index in [1.807, 2.05) is 24.4 Å². The Morgan fingerprint density at radius 3 is 2.61 bits per heavy atom. The van der Waals surface area contributed by atoms with E-state index < -0.39 is 0 Å². The molecule has 122 valence electrons. The van der Waals surface area contributed by atoms with Crippen LogP contribution < -0.4 is 0 Å². The lowest BCUT2D eigenvalue weighted by atomic mass is 10.2. The first-order valence-corrected chi connectivity index (χ1v) is 8.18. The van der Waals surface area contributed by atoms with Crippen molar-refractivity contribution in [2.24, 2.45) is 0 Å². The molecule has 0 saturated carbocycles. The topological polar surface area (TPSA) is 36.4 Å². The van der Waals surface area contributed by atoms with E-state index in [-0.39, 0.29) is 11.7 Å². The molecule has 2 rings (SSSR count). The Labute approximate surface area is 139 Å². The van der Waals surface area contributed by atoms with E-state index in [2.05, 4.69) is 4.98 Å². The van der Waals surface area contributed by atoms with Gasteiger partial charge < -0.3 is 9.80 Å². The van der Waals surface area contributed by atoms with Crippen molar-refractivity contribution in [3.63, 3.8) is 0 Å². The molecule has 1 aromatic carbocycles. The van der Waals surface area contributed by atoms with Gasteiger partial charge in [0.1, 0.15) is 10.8 Å². The second-order valence-electron chi connectivity index (χ2n) is 5.39. The molecule has 6 heteroatoms. The minimum atomic E-state index is -0.274. The summed E-state index contributed by atoms with van der Waals surface area (Å²) in [7, 11) is 3.93. The Balaban J connectivity index is 2.05. The molecule has 1 aromatic heterocycles. The minimum absolute atomic E-state index is 0.0774. The largest absolute Gasteiger partial charge is 0.334 e. The monoisotopic (exact) mass is 333 g/mol. The molecule has 0 unspecified atom stereocenters. The molecule has 0 spiro atoms. The predicted octanol–water partition coefficient (Wildman–Crippen LogP) is 2.89. The van der Waals surface area contributed by atoms with Crippen molar-refractivity contribution >= 4 is 23.3 Å². The summed E-state index contributed by atoms with van der Waals surface area (Å²) in [6.45, 7) is 1.82. The fourth-order valence-corrected chi connectivity index (χ4v) is 2.49. The summed E-state index contributed by atoms with van der Waals surface area (Å²) < 4.78 is 13.0. The van der Waals surface area contributed by atoms with Gasteiger partial charge in [0.15, 0.2) is 0 Å². The van der Waals surface area contributed by atoms with Gasteiger partial charge in [-0.05, 0) is 37.9 Å². The van der Waals surface area contributed by atoms with E-state index in [4.69, 9.17) is 0 Å². The van der Waals surface area contributed by atoms with Crippen molar-refractivity contribution in [1.82, 2.24) is 14.8 Å². The SMILES string of the molecule is CN(C)CCN(Cc1ccc(F)cc1)C(=O)/C=C\c1nccs1. The average Bonchev–Trinajstić information content (AvgIpc) is 3.04. The molecule has 4 nitrogen and oxygen atoms in total. The van der Waals surface area contributed by atoms with Gasteiger partial charge in [-0.15, -0.1) is 11.3 Å². The third kappa shape index (κ3) is 5.92. The standard InChI is InChI=1S/C17H20FN3OS/c1-20(2)10-11-21(13-14-3-5-15(18)6-4-14)17(22)8-7-16-19-9-12-23-16/h3-9,12H,10-11,13H2,1-2H3/b8-7-. The van der Waals surface area contributed by atoms with Crippen LogP contribution in [-0.4, -0.2) is 47.9 Å². The van der Waals surface area contributed by atoms with Crippen molar-refractivity contribution < 1.29 is 9.18 Å². The zero-order valence-electron chi connectivity index (χ0n) is 13.3. The molecule has 0 fully saturated rings. The molecule has 0 aliphatic rings. The molecule has 23 heavy (non-hydrogen) atoms. The lowest BCUT2D eigenvalue weighted by molar-refractivity contribution is -0.126. The number of rotatable bonds is 7. The highest BCUT2D eigenvalue weighted by molar-refractivity contribution is 7.10. The van der Waals surface area contributed by atoms with E-state index in [9.17, 15) is 9.18 Å². The van der Waals surface area contributed by atoms with Crippen molar-refractivity contribution in [3.05, 3.63) is 58.3 Å². The smallest absolute Gasteiger partial charge is 0.247 e. The Kier molecular flexibility index (Phi) is 6.43. The Bertz CT molecular complexity index is 638. The Morgan fingerprint density at radius 1 is 1.26 bits per heavy atom. The molecule has 2 aromatic rings. The molecule has 1 amide bonds. The van der Waals surface area contributed by atoms with Gasteiger partial charge in [-0.1, -0.05) is 12.1 Å². The van der Waals surface area contributed by atoms with Gasteiger partial charge in [0, 0.05) is 37.3 Å². The highest BCUT2D eigenvalue weighted by Crippen LogP contribution is 2.10. The van der Waals surface area contributed by atoms with Crippen molar-refractivity contribution in [3.8, 4) is 0 Å². The number of amides is 1. The number of carbonyl (C=O) groups is 1. The number of hydrogen-bond donors (Lipinski definition) is 0. The summed E-state index contributed by atoms with van der Waals surface area (Å²) in [6, 6.07) is 6.23. The number of likely N-dealkylation sites (N-methyl/N-ethyl adjacent to an activating group) is 1. The summed E-state index contributed by atoms with van der Waals surface area (Å²) in [5.74, 6) is -0.352. The molecule has 0 saturated heterocycles. The average molecular weight is 333 g/mol. The van der Waals surface area contributed by atoms with E-state index in [1.165, 1.54) is 29.5 Å². The van der Waals surface area contributed by atoms with Crippen LogP contribution in [0.25, 0.3) is 6.08 Å². The molecule has 0 aliphatic heterocycles. The van der Waals surface area contributed by atoms with Crippen LogP contribution in [0.3, 0.4) is 0 Å². The molecule has 0 radical (unpaired) electrons. The molecule has 1 heterocycles. The summed E-state index contributed by atoms with van der Waals surface area (Å²) in [5, 5.41) is 2.67. The number of benzene rings is 1. The highest BCUT2D eigenvalue weighted by Gasteiger charge is 2.12. The summed E-state index contributed by atoms with van der Waals surface area (Å²) in [6.07, 6.45) is 4.97. The van der Waals surface area contributed by atoms with E-state index in [0.717, 1.165) is 17.1 Å². The van der Waals surface area contributed by atoms with E-state index in [0.29, 0.717) is 13.1 Å². The quantitative estimate of drug-likeness (QED) is 0.731. The second kappa shape index (κ2) is 8.55. The highest BCUT2D eigenvalue weighted by atomic mass is 32.1. The van der Waals surface area contributed by atoms with Gasteiger partial charge in [-0.2, -0.15) is 0 Å². The van der Waals surface area contributed by atoms with Crippen LogP contribution in [0, 0.1) is 5.82 Å². The third-order valence-corrected chi connectivity index (χ3v) is 3.98. The molecular formula is C17H20FN3OS. The van der Waals surface area contributed by atoms with Gasteiger partial charge in [0.05, 0.1) is 0 Å². The first-order valence-electron chi connectivity index (χ1n) is 7.30. The van der Waals surface area contributed by atoms with Gasteiger partial charge in [0.25, 0.3) is 0 Å². The maximum absolute atomic E-state index is 13.0. The van der Waals surface area contributed by atoms with Crippen LogP contribution in [0.1, 0.15) is 10.6 Å². The molecule has 0 atom stereocenters. The lowest BCUT2D eigenvalue weighted by Gasteiger charge is -2.23. The van der Waals surface area contributed by atoms with Crippen LogP contribution in [0.5, 0.6) is 0 Å². The van der Waals surface area contributed by atoms with Crippen LogP contribution in [0.15, 0.2) is 41.9 Å². The first kappa shape index (κ1) is 17.3. The zero-order chi connectivity index (χ0) is 16.7. The number of aromatic nitrogens is 1. The zero-order valence-corrected chi connectivity index (χ0v) is 14.1. The molecule has 0 bridgehead atoms. The third-order valence-electron chi connectivity index (χ3n) is 3.24. The van der Waals surface area contributed by atoms with Crippen LogP contribution in [0.4, 0.5) is 4.39 Å². The lowest BCUT2D eigenvalue weighted by Crippen LogP contribution is -2.35. The normalized spacial score (nSPS) is 11.3. The summed E-state index contributed by atoms with van der Waals surface area (Å²) in [5.41, 5.74) is 0.904. The van der Waals surface area contributed by atoms with Gasteiger partial charge in [-0.25, -0.2) is 9.37 Å². The molecule has 0 N–H and O–H groups in total. The number of nitrogens with zero attached hydrogens (tertiary/aromatic N) is 3. The van der Waals surface area contributed by atoms with Crippen molar-refractivity contribution in [1.29, 1.82) is 0 Å². The number of carbonyl (C=O) groups excluding carboxylic acids is 1. The van der Waals surface area contributed by atoms with Crippen LogP contribution in [0.2, 0.25) is 0 Å². The second-order valence-corrected chi connectivity index (χ2v) is 6.32. The Hall–Kier alpha value is -2.05. The number of thiazole rings is 1. The van der Waals surface area contributed by atoms with Crippen molar-refractivity contribution in [2.75, 3.05) is 27.2 Å². The fraction of sp³-hybridized carbons (Fsp3) is 0.294. The van der Waals surface area contributed by atoms with E-state index >= 15 is 0 Å². The number of halogens is 1. The van der Waals surface area contributed by atoms with Gasteiger partial charge >= 0.3 is 0 Å². The maximum atomic E-state index is 13.0. The summed E-state index contributed by atoms with van der Waals surface area (Å²) in [4.78, 5) is 20.3. The number of hydrogen-bond acceptors (Lipinski definition) is 4. The van der Waals surface area contributed by atoms with Crippen molar-refractivity contribution in [2.45, 2.75) is 6.54 Å².